The maximum absolute atomic E-state index is 11.6. The average Bonchev–Trinajstić information content (AvgIpc) is 2.32. The number of rotatable bonds is 6. The average molecular weight is 275 g/mol. The van der Waals surface area contributed by atoms with Gasteiger partial charge >= 0.3 is 0 Å². The quantitative estimate of drug-likeness (QED) is 0.615. The first-order valence-electron chi connectivity index (χ1n) is 5.39. The van der Waals surface area contributed by atoms with E-state index in [1.807, 2.05) is 0 Å². The van der Waals surface area contributed by atoms with Crippen LogP contribution in [0.3, 0.4) is 0 Å². The van der Waals surface area contributed by atoms with Crippen LogP contribution >= 0.6 is 12.4 Å². The van der Waals surface area contributed by atoms with Gasteiger partial charge in [0.2, 0.25) is 5.91 Å². The zero-order chi connectivity index (χ0) is 12.7. The molecule has 0 aliphatic rings. The second-order valence-electron chi connectivity index (χ2n) is 3.60. The summed E-state index contributed by atoms with van der Waals surface area (Å²) in [5.41, 5.74) is 6.85. The molecule has 102 valence electrons. The lowest BCUT2D eigenvalue weighted by Gasteiger charge is -2.09. The van der Waals surface area contributed by atoms with Crippen molar-refractivity contribution in [1.82, 2.24) is 0 Å². The number of ether oxygens (including phenoxy) is 2. The number of benzene rings is 1. The van der Waals surface area contributed by atoms with E-state index in [-0.39, 0.29) is 18.3 Å². The Morgan fingerprint density at radius 3 is 2.72 bits per heavy atom. The summed E-state index contributed by atoms with van der Waals surface area (Å²) in [6.45, 7) is 0.570. The summed E-state index contributed by atoms with van der Waals surface area (Å²) in [4.78, 5) is 11.6. The van der Waals surface area contributed by atoms with Crippen molar-refractivity contribution in [3.63, 3.8) is 0 Å². The molecule has 1 aromatic carbocycles. The van der Waals surface area contributed by atoms with Crippen LogP contribution in [0.1, 0.15) is 12.8 Å². The highest BCUT2D eigenvalue weighted by molar-refractivity contribution is 5.94. The van der Waals surface area contributed by atoms with Gasteiger partial charge in [-0.25, -0.2) is 0 Å². The fraction of sp³-hybridized carbons (Fsp3) is 0.417. The molecule has 0 bridgehead atoms. The third-order valence-electron chi connectivity index (χ3n) is 2.29. The highest BCUT2D eigenvalue weighted by Crippen LogP contribution is 2.24. The number of carbonyl (C=O) groups excluding carboxylic acids is 1. The fourth-order valence-corrected chi connectivity index (χ4v) is 1.36. The number of nitrogens with one attached hydrogen (secondary N) is 1. The number of halogens is 1. The zero-order valence-corrected chi connectivity index (χ0v) is 11.4. The molecule has 3 N–H and O–H groups in total. The molecule has 0 radical (unpaired) electrons. The first kappa shape index (κ1) is 16.5. The van der Waals surface area contributed by atoms with Gasteiger partial charge in [-0.3, -0.25) is 4.79 Å². The Labute approximate surface area is 113 Å². The van der Waals surface area contributed by atoms with Crippen LogP contribution in [0.25, 0.3) is 0 Å². The van der Waals surface area contributed by atoms with Crippen molar-refractivity contribution in [2.24, 2.45) is 0 Å². The molecule has 5 nitrogen and oxygen atoms in total. The van der Waals surface area contributed by atoms with Crippen LogP contribution in [0.4, 0.5) is 11.4 Å². The minimum atomic E-state index is -0.0815. The summed E-state index contributed by atoms with van der Waals surface area (Å²) < 4.78 is 9.94. The Morgan fingerprint density at radius 2 is 2.11 bits per heavy atom. The number of nitrogen functional groups attached to an aromatic ring is 1. The third kappa shape index (κ3) is 5.25. The van der Waals surface area contributed by atoms with Gasteiger partial charge in [0.05, 0.1) is 18.5 Å². The van der Waals surface area contributed by atoms with Crippen LogP contribution in [-0.4, -0.2) is 26.7 Å². The predicted octanol–water partition coefficient (Wildman–Crippen LogP) is 2.06. The van der Waals surface area contributed by atoms with Gasteiger partial charge in [-0.2, -0.15) is 0 Å². The van der Waals surface area contributed by atoms with E-state index in [0.717, 1.165) is 0 Å². The number of anilines is 2. The van der Waals surface area contributed by atoms with Gasteiger partial charge in [-0.05, 0) is 18.6 Å². The molecule has 0 aliphatic heterocycles. The first-order valence-corrected chi connectivity index (χ1v) is 5.39. The van der Waals surface area contributed by atoms with Crippen molar-refractivity contribution in [2.75, 3.05) is 31.9 Å². The number of nitrogens with two attached hydrogens (primary N) is 1. The molecule has 0 heterocycles. The van der Waals surface area contributed by atoms with E-state index < -0.39 is 0 Å². The molecule has 0 atom stereocenters. The molecular formula is C12H19ClN2O3. The smallest absolute Gasteiger partial charge is 0.224 e. The van der Waals surface area contributed by atoms with E-state index in [4.69, 9.17) is 15.2 Å². The first-order chi connectivity index (χ1) is 8.17. The molecule has 0 fully saturated rings. The summed E-state index contributed by atoms with van der Waals surface area (Å²) >= 11 is 0. The van der Waals surface area contributed by atoms with Gasteiger partial charge in [0, 0.05) is 26.2 Å². The van der Waals surface area contributed by atoms with Crippen molar-refractivity contribution in [2.45, 2.75) is 12.8 Å². The molecule has 0 aliphatic carbocycles. The maximum Gasteiger partial charge on any atom is 0.224 e. The van der Waals surface area contributed by atoms with Crippen molar-refractivity contribution in [3.8, 4) is 5.75 Å². The van der Waals surface area contributed by atoms with Gasteiger partial charge in [0.1, 0.15) is 5.75 Å². The molecule has 0 spiro atoms. The molecule has 1 rings (SSSR count). The Balaban J connectivity index is 0.00000289. The molecule has 1 amide bonds. The second kappa shape index (κ2) is 8.60. The lowest BCUT2D eigenvalue weighted by atomic mass is 10.2. The Hall–Kier alpha value is -1.46. The predicted molar refractivity (Wildman–Crippen MR) is 74.4 cm³/mol. The SMILES string of the molecule is COCCCC(=O)Nc1cc(OC)ccc1N.Cl. The van der Waals surface area contributed by atoms with Gasteiger partial charge in [0.25, 0.3) is 0 Å². The molecule has 0 aromatic heterocycles. The van der Waals surface area contributed by atoms with Crippen molar-refractivity contribution < 1.29 is 14.3 Å². The van der Waals surface area contributed by atoms with Crippen LogP contribution in [0.5, 0.6) is 5.75 Å². The van der Waals surface area contributed by atoms with Crippen molar-refractivity contribution >= 4 is 29.7 Å². The highest BCUT2D eigenvalue weighted by Gasteiger charge is 2.06. The number of methoxy groups -OCH3 is 2. The summed E-state index contributed by atoms with van der Waals surface area (Å²) in [6, 6.07) is 5.14. The summed E-state index contributed by atoms with van der Waals surface area (Å²) in [6.07, 6.45) is 1.09. The van der Waals surface area contributed by atoms with Crippen LogP contribution in [0.2, 0.25) is 0 Å². The number of hydrogen-bond acceptors (Lipinski definition) is 4. The Kier molecular flexibility index (Phi) is 7.91. The second-order valence-corrected chi connectivity index (χ2v) is 3.60. The lowest BCUT2D eigenvalue weighted by Crippen LogP contribution is -2.13. The standard InChI is InChI=1S/C12H18N2O3.ClH/c1-16-7-3-4-12(15)14-11-8-9(17-2)5-6-10(11)13;/h5-6,8H,3-4,7,13H2,1-2H3,(H,14,15);1H. The van der Waals surface area contributed by atoms with E-state index in [0.29, 0.717) is 36.6 Å². The van der Waals surface area contributed by atoms with Crippen LogP contribution in [0, 0.1) is 0 Å². The van der Waals surface area contributed by atoms with Gasteiger partial charge < -0.3 is 20.5 Å². The van der Waals surface area contributed by atoms with E-state index in [1.54, 1.807) is 32.4 Å². The van der Waals surface area contributed by atoms with Gasteiger partial charge in [-0.15, -0.1) is 12.4 Å². The monoisotopic (exact) mass is 274 g/mol. The molecule has 1 aromatic rings. The van der Waals surface area contributed by atoms with Crippen LogP contribution < -0.4 is 15.8 Å². The number of carbonyl (C=O) groups is 1. The molecule has 0 saturated carbocycles. The lowest BCUT2D eigenvalue weighted by molar-refractivity contribution is -0.116. The zero-order valence-electron chi connectivity index (χ0n) is 10.6. The molecule has 0 saturated heterocycles. The van der Waals surface area contributed by atoms with E-state index in [9.17, 15) is 4.79 Å². The van der Waals surface area contributed by atoms with E-state index in [1.165, 1.54) is 0 Å². The van der Waals surface area contributed by atoms with Crippen molar-refractivity contribution in [1.29, 1.82) is 0 Å². The topological polar surface area (TPSA) is 73.6 Å². The number of hydrogen-bond donors (Lipinski definition) is 2. The molecule has 18 heavy (non-hydrogen) atoms. The summed E-state index contributed by atoms with van der Waals surface area (Å²) in [5.74, 6) is 0.577. The Morgan fingerprint density at radius 1 is 1.39 bits per heavy atom. The molecule has 0 unspecified atom stereocenters. The van der Waals surface area contributed by atoms with Crippen molar-refractivity contribution in [3.05, 3.63) is 18.2 Å². The van der Waals surface area contributed by atoms with Crippen LogP contribution in [-0.2, 0) is 9.53 Å². The minimum Gasteiger partial charge on any atom is -0.497 e. The van der Waals surface area contributed by atoms with Crippen LogP contribution in [0.15, 0.2) is 18.2 Å². The molecular weight excluding hydrogens is 256 g/mol. The van der Waals surface area contributed by atoms with Gasteiger partial charge in [0.15, 0.2) is 0 Å². The highest BCUT2D eigenvalue weighted by atomic mass is 35.5. The minimum absolute atomic E-state index is 0. The summed E-state index contributed by atoms with van der Waals surface area (Å²) in [5, 5.41) is 2.74. The number of amides is 1. The normalized spacial score (nSPS) is 9.44. The fourth-order valence-electron chi connectivity index (χ4n) is 1.36. The third-order valence-corrected chi connectivity index (χ3v) is 2.29. The van der Waals surface area contributed by atoms with E-state index >= 15 is 0 Å². The summed E-state index contributed by atoms with van der Waals surface area (Å²) in [7, 11) is 3.17. The molecule has 6 heteroatoms. The maximum atomic E-state index is 11.6. The Bertz CT molecular complexity index is 386. The van der Waals surface area contributed by atoms with E-state index in [2.05, 4.69) is 5.32 Å². The van der Waals surface area contributed by atoms with Gasteiger partial charge in [-0.1, -0.05) is 0 Å². The largest absolute Gasteiger partial charge is 0.497 e.